The van der Waals surface area contributed by atoms with Crippen LogP contribution in [0, 0.1) is 0 Å². The van der Waals surface area contributed by atoms with E-state index >= 15 is 0 Å². The number of hydrogen-bond donors (Lipinski definition) is 0. The summed E-state index contributed by atoms with van der Waals surface area (Å²) in [6, 6.07) is 28.2. The molecule has 0 aliphatic heterocycles. The summed E-state index contributed by atoms with van der Waals surface area (Å²) in [5, 5.41) is 0. The Labute approximate surface area is 217 Å². The average molecular weight is 489 g/mol. The molecule has 0 aliphatic carbocycles. The molecule has 3 aromatic carbocycles. The smallest absolute Gasteiger partial charge is 0.220 e. The van der Waals surface area contributed by atoms with E-state index in [0.717, 1.165) is 50.8 Å². The topological polar surface area (TPSA) is 64.8 Å². The highest BCUT2D eigenvalue weighted by atomic mass is 16.5. The Morgan fingerprint density at radius 1 is 0.919 bits per heavy atom. The van der Waals surface area contributed by atoms with E-state index in [2.05, 4.69) is 34.1 Å². The molecule has 5 aromatic rings. The lowest BCUT2D eigenvalue weighted by atomic mass is 10.0. The van der Waals surface area contributed by atoms with Crippen molar-refractivity contribution in [3.63, 3.8) is 0 Å². The van der Waals surface area contributed by atoms with Crippen LogP contribution in [0.3, 0.4) is 0 Å². The van der Waals surface area contributed by atoms with Crippen LogP contribution in [0.15, 0.2) is 96.2 Å². The molecule has 2 heterocycles. The fourth-order valence-corrected chi connectivity index (χ4v) is 4.34. The van der Waals surface area contributed by atoms with Gasteiger partial charge < -0.3 is 18.9 Å². The summed E-state index contributed by atoms with van der Waals surface area (Å²) in [6.07, 6.45) is 1.81. The van der Waals surface area contributed by atoms with Gasteiger partial charge in [-0.05, 0) is 12.1 Å². The van der Waals surface area contributed by atoms with E-state index in [0.29, 0.717) is 12.4 Å². The van der Waals surface area contributed by atoms with Crippen LogP contribution in [0.25, 0.3) is 11.0 Å². The Hall–Kier alpha value is -4.59. The SMILES string of the molecule is BN(Cc1ccc(OC)cc1OC)c1nc(N=C(c2ccccc2)c2ccccc2)cc2c1ncn2C. The summed E-state index contributed by atoms with van der Waals surface area (Å²) >= 11 is 0. The summed E-state index contributed by atoms with van der Waals surface area (Å²) in [7, 11) is 7.29. The van der Waals surface area contributed by atoms with Crippen molar-refractivity contribution in [2.24, 2.45) is 12.0 Å². The first-order valence-corrected chi connectivity index (χ1v) is 12.0. The molecule has 8 heteroatoms. The lowest BCUT2D eigenvalue weighted by molar-refractivity contribution is 0.391. The Kier molecular flexibility index (Phi) is 6.90. The van der Waals surface area contributed by atoms with E-state index < -0.39 is 0 Å². The summed E-state index contributed by atoms with van der Waals surface area (Å²) in [6.45, 7) is 0.573. The van der Waals surface area contributed by atoms with Gasteiger partial charge in [-0.25, -0.2) is 15.0 Å². The Balaban J connectivity index is 1.61. The number of ether oxygens (including phenoxy) is 2. The molecule has 0 saturated carbocycles. The summed E-state index contributed by atoms with van der Waals surface area (Å²) in [5.41, 5.74) is 5.70. The summed E-state index contributed by atoms with van der Waals surface area (Å²) in [5.74, 6) is 2.87. The number of aromatic nitrogens is 3. The molecule has 0 bridgehead atoms. The molecule has 0 spiro atoms. The van der Waals surface area contributed by atoms with Gasteiger partial charge in [0.15, 0.2) is 5.82 Å². The average Bonchev–Trinajstić information content (AvgIpc) is 3.32. The van der Waals surface area contributed by atoms with E-state index in [1.807, 2.05) is 80.3 Å². The van der Waals surface area contributed by atoms with Crippen LogP contribution in [0.1, 0.15) is 16.7 Å². The van der Waals surface area contributed by atoms with Gasteiger partial charge in [0.1, 0.15) is 22.8 Å². The Morgan fingerprint density at radius 2 is 1.59 bits per heavy atom. The highest BCUT2D eigenvalue weighted by Crippen LogP contribution is 2.31. The molecule has 37 heavy (non-hydrogen) atoms. The molecule has 184 valence electrons. The molecule has 0 aliphatic rings. The number of hydrogen-bond acceptors (Lipinski definition) is 6. The second-order valence-electron chi connectivity index (χ2n) is 8.75. The maximum absolute atomic E-state index is 5.62. The number of benzene rings is 3. The first kappa shape index (κ1) is 24.1. The molecule has 0 N–H and O–H groups in total. The predicted octanol–water partition coefficient (Wildman–Crippen LogP) is 4.71. The third kappa shape index (κ3) is 5.04. The Bertz CT molecular complexity index is 1510. The number of nitrogens with zero attached hydrogens (tertiary/aromatic N) is 5. The van der Waals surface area contributed by atoms with Gasteiger partial charge in [-0.3, -0.25) is 0 Å². The van der Waals surface area contributed by atoms with Gasteiger partial charge in [0.2, 0.25) is 7.98 Å². The van der Waals surface area contributed by atoms with Crippen LogP contribution in [-0.2, 0) is 13.6 Å². The summed E-state index contributed by atoms with van der Waals surface area (Å²) < 4.78 is 13.0. The largest absolute Gasteiger partial charge is 0.497 e. The zero-order valence-corrected chi connectivity index (χ0v) is 21.4. The van der Waals surface area contributed by atoms with Gasteiger partial charge in [0.25, 0.3) is 0 Å². The fraction of sp³-hybridized carbons (Fsp3) is 0.138. The molecule has 7 nitrogen and oxygen atoms in total. The van der Waals surface area contributed by atoms with E-state index in [1.165, 1.54) is 0 Å². The minimum Gasteiger partial charge on any atom is -0.497 e. The molecule has 2 aromatic heterocycles. The standard InChI is InChI=1S/C29H28BN5O2/c1-34-19-31-28-24(34)17-26(32-27(20-10-6-4-7-11-20)21-12-8-5-9-13-21)33-29(28)35(30)18-22-14-15-23(36-2)16-25(22)37-3/h4-17,19H,18,30H2,1-3H3. The van der Waals surface area contributed by atoms with Crippen molar-refractivity contribution in [2.75, 3.05) is 19.0 Å². The number of aryl methyl sites for hydroxylation is 1. The van der Waals surface area contributed by atoms with Crippen molar-refractivity contribution in [1.82, 2.24) is 14.5 Å². The third-order valence-corrected chi connectivity index (χ3v) is 6.26. The molecular formula is C29H28BN5O2. The van der Waals surface area contributed by atoms with Gasteiger partial charge in [0, 0.05) is 42.4 Å². The molecular weight excluding hydrogens is 461 g/mol. The number of methoxy groups -OCH3 is 2. The minimum atomic E-state index is 0.573. The van der Waals surface area contributed by atoms with Gasteiger partial charge in [-0.2, -0.15) is 0 Å². The molecule has 0 atom stereocenters. The molecule has 0 unspecified atom stereocenters. The van der Waals surface area contributed by atoms with E-state index in [1.54, 1.807) is 20.5 Å². The van der Waals surface area contributed by atoms with Crippen molar-refractivity contribution in [3.8, 4) is 11.5 Å². The van der Waals surface area contributed by atoms with Crippen molar-refractivity contribution < 1.29 is 9.47 Å². The van der Waals surface area contributed by atoms with Crippen LogP contribution < -0.4 is 14.3 Å². The zero-order chi connectivity index (χ0) is 25.8. The van der Waals surface area contributed by atoms with E-state index in [4.69, 9.17) is 19.5 Å². The number of anilines is 1. The van der Waals surface area contributed by atoms with Crippen molar-refractivity contribution in [3.05, 3.63) is 108 Å². The lowest BCUT2D eigenvalue weighted by Gasteiger charge is -2.21. The van der Waals surface area contributed by atoms with Crippen LogP contribution in [0.2, 0.25) is 0 Å². The first-order chi connectivity index (χ1) is 18.1. The molecule has 0 fully saturated rings. The normalized spacial score (nSPS) is 10.8. The monoisotopic (exact) mass is 489 g/mol. The number of aliphatic imine (C=N–C) groups is 1. The van der Waals surface area contributed by atoms with Crippen molar-refractivity contribution in [2.45, 2.75) is 6.54 Å². The quantitative estimate of drug-likeness (QED) is 0.233. The van der Waals surface area contributed by atoms with Crippen LogP contribution in [-0.4, -0.2) is 42.4 Å². The van der Waals surface area contributed by atoms with Crippen LogP contribution >= 0.6 is 0 Å². The third-order valence-electron chi connectivity index (χ3n) is 6.26. The van der Waals surface area contributed by atoms with Gasteiger partial charge >= 0.3 is 0 Å². The van der Waals surface area contributed by atoms with Gasteiger partial charge in [0.05, 0.1) is 31.8 Å². The highest BCUT2D eigenvalue weighted by Gasteiger charge is 2.17. The number of fused-ring (bicyclic) bond motifs is 1. The van der Waals surface area contributed by atoms with Crippen LogP contribution in [0.5, 0.6) is 11.5 Å². The Morgan fingerprint density at radius 3 is 2.22 bits per heavy atom. The molecule has 0 radical (unpaired) electrons. The number of pyridine rings is 1. The van der Waals surface area contributed by atoms with Crippen molar-refractivity contribution >= 4 is 36.4 Å². The molecule has 0 amide bonds. The van der Waals surface area contributed by atoms with E-state index in [-0.39, 0.29) is 0 Å². The molecule has 5 rings (SSSR count). The van der Waals surface area contributed by atoms with Gasteiger partial charge in [-0.15, -0.1) is 0 Å². The zero-order valence-electron chi connectivity index (χ0n) is 21.4. The minimum absolute atomic E-state index is 0.573. The second-order valence-corrected chi connectivity index (χ2v) is 8.75. The van der Waals surface area contributed by atoms with E-state index in [9.17, 15) is 0 Å². The second kappa shape index (κ2) is 10.6. The lowest BCUT2D eigenvalue weighted by Crippen LogP contribution is -2.20. The maximum Gasteiger partial charge on any atom is 0.220 e. The predicted molar refractivity (Wildman–Crippen MR) is 151 cm³/mol. The fourth-order valence-electron chi connectivity index (χ4n) is 4.34. The van der Waals surface area contributed by atoms with Gasteiger partial charge in [-0.1, -0.05) is 60.7 Å². The van der Waals surface area contributed by atoms with Crippen molar-refractivity contribution in [1.29, 1.82) is 0 Å². The number of imidazole rings is 1. The summed E-state index contributed by atoms with van der Waals surface area (Å²) in [4.78, 5) is 16.8. The number of rotatable bonds is 8. The maximum atomic E-state index is 5.62. The molecule has 0 saturated heterocycles. The highest BCUT2D eigenvalue weighted by molar-refractivity contribution is 6.19. The van der Waals surface area contributed by atoms with Crippen LogP contribution in [0.4, 0.5) is 11.6 Å². The first-order valence-electron chi connectivity index (χ1n) is 12.0.